The van der Waals surface area contributed by atoms with E-state index in [1.807, 2.05) is 29.2 Å². The number of oxime groups is 1. The van der Waals surface area contributed by atoms with Crippen LogP contribution in [-0.2, 0) is 27.5 Å². The van der Waals surface area contributed by atoms with Gasteiger partial charge in [0.15, 0.2) is 0 Å². The molecule has 2 aliphatic carbocycles. The second kappa shape index (κ2) is 27.3. The summed E-state index contributed by atoms with van der Waals surface area (Å²) in [5, 5.41) is 38.8. The van der Waals surface area contributed by atoms with Crippen molar-refractivity contribution in [1.29, 1.82) is 0 Å². The molecule has 0 saturated heterocycles. The first kappa shape index (κ1) is 54.0. The average molecular weight is 984 g/mol. The third-order valence-electron chi connectivity index (χ3n) is 15.0. The zero-order valence-electron chi connectivity index (χ0n) is 42.5. The van der Waals surface area contributed by atoms with Crippen molar-refractivity contribution in [2.45, 2.75) is 147 Å². The molecule has 6 unspecified atom stereocenters. The number of nitro benzene ring substituents is 1. The van der Waals surface area contributed by atoms with Gasteiger partial charge in [0.1, 0.15) is 30.8 Å². The number of fused-ring (bicyclic) bond motifs is 3. The summed E-state index contributed by atoms with van der Waals surface area (Å²) in [7, 11) is 0. The minimum atomic E-state index is -1.43. The standard InChI is InChI=1S/C60H77N3O9/c1-4-7-8-9-10-11-12-13-14-28-57(66)62(42-47-25-21-24-45-22-15-16-26-50(45)47)56-41-54(61-71-43-44-29-31-48(32-30-44)63(67)68)52-39-46(23-17-19-35-64)51(27-18-20-36-65)58-53-40-49(69-37-5-2)33-34-55(53)72-60(56,59(52)58)70-38-6-3/h5-6,15-16,21-22,24-26,29-34,39-40,46,51,56,58-59,64-65H,2-4,7-14,17-20,23,27-28,35-38,41-43H2,1H3. The molecule has 1 heterocycles. The van der Waals surface area contributed by atoms with Crippen molar-refractivity contribution in [3.63, 3.8) is 0 Å². The van der Waals surface area contributed by atoms with E-state index in [1.54, 1.807) is 24.3 Å². The van der Waals surface area contributed by atoms with Crippen LogP contribution >= 0.6 is 0 Å². The molecule has 1 amide bonds. The summed E-state index contributed by atoms with van der Waals surface area (Å²) < 4.78 is 21.1. The van der Waals surface area contributed by atoms with E-state index >= 15 is 4.79 Å². The van der Waals surface area contributed by atoms with E-state index in [4.69, 9.17) is 24.2 Å². The Hall–Kier alpha value is -5.82. The number of hydrogen-bond acceptors (Lipinski definition) is 10. The van der Waals surface area contributed by atoms with Crippen molar-refractivity contribution in [3.8, 4) is 11.5 Å². The molecule has 2 N–H and O–H groups in total. The van der Waals surface area contributed by atoms with Crippen molar-refractivity contribution < 1.29 is 39.0 Å². The van der Waals surface area contributed by atoms with Crippen LogP contribution in [0.25, 0.3) is 10.8 Å². The molecule has 0 bridgehead atoms. The van der Waals surface area contributed by atoms with Crippen molar-refractivity contribution in [2.75, 3.05) is 26.4 Å². The monoisotopic (exact) mass is 984 g/mol. The number of nitro groups is 1. The Balaban J connectivity index is 1.40. The van der Waals surface area contributed by atoms with Crippen LogP contribution in [0.1, 0.15) is 139 Å². The van der Waals surface area contributed by atoms with Crippen molar-refractivity contribution in [2.24, 2.45) is 22.9 Å². The van der Waals surface area contributed by atoms with Crippen LogP contribution in [0.2, 0.25) is 0 Å². The minimum Gasteiger partial charge on any atom is -0.490 e. The molecule has 0 spiro atoms. The fraction of sp³-hybridized carbons (Fsp3) is 0.500. The first-order chi connectivity index (χ1) is 35.3. The van der Waals surface area contributed by atoms with Gasteiger partial charge in [-0.2, -0.15) is 0 Å². The largest absolute Gasteiger partial charge is 0.490 e. The Kier molecular flexibility index (Phi) is 20.5. The van der Waals surface area contributed by atoms with Gasteiger partial charge in [0, 0.05) is 56.2 Å². The summed E-state index contributed by atoms with van der Waals surface area (Å²) in [6, 6.07) is 26.1. The van der Waals surface area contributed by atoms with Crippen LogP contribution in [0.4, 0.5) is 5.69 Å². The number of aliphatic hydroxyl groups excluding tert-OH is 2. The van der Waals surface area contributed by atoms with Gasteiger partial charge >= 0.3 is 0 Å². The van der Waals surface area contributed by atoms with Crippen LogP contribution in [-0.4, -0.2) is 69.9 Å². The van der Waals surface area contributed by atoms with Gasteiger partial charge in [-0.25, -0.2) is 0 Å². The summed E-state index contributed by atoms with van der Waals surface area (Å²) in [5.41, 5.74) is 4.30. The average Bonchev–Trinajstić information content (AvgIpc) is 3.39. The molecule has 12 nitrogen and oxygen atoms in total. The van der Waals surface area contributed by atoms with Crippen LogP contribution in [0.3, 0.4) is 0 Å². The van der Waals surface area contributed by atoms with Gasteiger partial charge in [-0.1, -0.05) is 144 Å². The number of carbonyl (C=O) groups is 1. The molecule has 1 saturated carbocycles. The zero-order valence-corrected chi connectivity index (χ0v) is 42.5. The number of allylic oxidation sites excluding steroid dienone is 1. The maximum Gasteiger partial charge on any atom is 0.269 e. The molecule has 1 fully saturated rings. The fourth-order valence-corrected chi connectivity index (χ4v) is 11.5. The summed E-state index contributed by atoms with van der Waals surface area (Å²) >= 11 is 0. The van der Waals surface area contributed by atoms with Gasteiger partial charge < -0.3 is 34.2 Å². The summed E-state index contributed by atoms with van der Waals surface area (Å²) in [4.78, 5) is 34.9. The Morgan fingerprint density at radius 2 is 1.57 bits per heavy atom. The van der Waals surface area contributed by atoms with E-state index in [0.717, 1.165) is 84.4 Å². The first-order valence-electron chi connectivity index (χ1n) is 26.7. The van der Waals surface area contributed by atoms with E-state index in [1.165, 1.54) is 44.2 Å². The zero-order chi connectivity index (χ0) is 50.7. The normalized spacial score (nSPS) is 21.5. The molecule has 0 radical (unpaired) electrons. The number of rotatable bonds is 31. The predicted molar refractivity (Wildman–Crippen MR) is 285 cm³/mol. The fourth-order valence-electron chi connectivity index (χ4n) is 11.5. The van der Waals surface area contributed by atoms with E-state index < -0.39 is 22.7 Å². The number of nitrogens with zero attached hydrogens (tertiary/aromatic N) is 3. The quantitative estimate of drug-likeness (QED) is 0.0217. The number of unbranched alkanes of at least 4 members (excludes halogenated alkanes) is 10. The lowest BCUT2D eigenvalue weighted by Crippen LogP contribution is -2.70. The second-order valence-electron chi connectivity index (χ2n) is 19.8. The van der Waals surface area contributed by atoms with Gasteiger partial charge in [0.25, 0.3) is 5.69 Å². The van der Waals surface area contributed by atoms with E-state index in [-0.39, 0.29) is 62.2 Å². The Morgan fingerprint density at radius 1 is 0.861 bits per heavy atom. The summed E-state index contributed by atoms with van der Waals surface area (Å²) in [5.74, 6) is -0.718. The molecule has 4 aromatic carbocycles. The number of hydrogen-bond donors (Lipinski definition) is 2. The third kappa shape index (κ3) is 13.2. The highest BCUT2D eigenvalue weighted by atomic mass is 16.7. The maximum atomic E-state index is 15.5. The van der Waals surface area contributed by atoms with Gasteiger partial charge in [-0.15, -0.1) is 6.58 Å². The minimum absolute atomic E-state index is 0.00680. The summed E-state index contributed by atoms with van der Waals surface area (Å²) in [6.07, 6.45) is 21.1. The highest BCUT2D eigenvalue weighted by Crippen LogP contribution is 2.62. The molecule has 386 valence electrons. The summed E-state index contributed by atoms with van der Waals surface area (Å²) in [6.45, 7) is 11.3. The Labute approximate surface area is 426 Å². The lowest BCUT2D eigenvalue weighted by molar-refractivity contribution is -0.384. The third-order valence-corrected chi connectivity index (χ3v) is 15.0. The Morgan fingerprint density at radius 3 is 2.29 bits per heavy atom. The van der Waals surface area contributed by atoms with E-state index in [9.17, 15) is 20.3 Å². The molecule has 7 rings (SSSR count). The molecular formula is C60H77N3O9. The molecule has 12 heteroatoms. The topological polar surface area (TPSA) is 153 Å². The van der Waals surface area contributed by atoms with Crippen LogP contribution in [0.5, 0.6) is 11.5 Å². The smallest absolute Gasteiger partial charge is 0.269 e. The number of amides is 1. The number of non-ortho nitro benzene ring substituents is 1. The number of aliphatic hydroxyl groups is 2. The van der Waals surface area contributed by atoms with Gasteiger partial charge in [0.2, 0.25) is 11.7 Å². The van der Waals surface area contributed by atoms with Crippen molar-refractivity contribution >= 4 is 28.1 Å². The van der Waals surface area contributed by atoms with Crippen molar-refractivity contribution in [1.82, 2.24) is 4.90 Å². The van der Waals surface area contributed by atoms with E-state index in [2.05, 4.69) is 62.6 Å². The molecule has 0 aromatic heterocycles. The SMILES string of the molecule is C=CCOc1ccc2c(c1)C1C(CCCCO)C(CCCCO)C=C3C(=NOCc4ccc([N+](=O)[O-])cc4)CC(N(Cc4cccc5ccccc45)C(=O)CCCCCCCCCCC)C(OCC=C)(O2)C31. The molecule has 6 atom stereocenters. The van der Waals surface area contributed by atoms with Crippen LogP contribution in [0.15, 0.2) is 127 Å². The first-order valence-corrected chi connectivity index (χ1v) is 26.7. The van der Waals surface area contributed by atoms with Gasteiger partial charge in [-0.3, -0.25) is 14.9 Å². The molecular weight excluding hydrogens is 907 g/mol. The lowest BCUT2D eigenvalue weighted by Gasteiger charge is -2.60. The molecule has 3 aliphatic rings. The lowest BCUT2D eigenvalue weighted by atomic mass is 9.55. The molecule has 72 heavy (non-hydrogen) atoms. The molecule has 1 aliphatic heterocycles. The highest BCUT2D eigenvalue weighted by molar-refractivity contribution is 6.03. The van der Waals surface area contributed by atoms with Crippen LogP contribution in [0, 0.1) is 27.9 Å². The molecule has 4 aromatic rings. The number of ether oxygens (including phenoxy) is 3. The van der Waals surface area contributed by atoms with Crippen molar-refractivity contribution in [3.05, 3.63) is 149 Å². The van der Waals surface area contributed by atoms with E-state index in [0.29, 0.717) is 49.6 Å². The predicted octanol–water partition coefficient (Wildman–Crippen LogP) is 13.1. The highest BCUT2D eigenvalue weighted by Gasteiger charge is 2.65. The maximum absolute atomic E-state index is 15.5. The van der Waals surface area contributed by atoms with Crippen LogP contribution < -0.4 is 9.47 Å². The van der Waals surface area contributed by atoms with Gasteiger partial charge in [0.05, 0.1) is 23.2 Å². The second-order valence-corrected chi connectivity index (χ2v) is 19.8. The number of benzene rings is 4. The van der Waals surface area contributed by atoms with Gasteiger partial charge in [-0.05, 0) is 102 Å². The Bertz CT molecular complexity index is 2460. The number of carbonyl (C=O) groups excluding carboxylic acids is 1.